The number of rotatable bonds is 3. The van der Waals surface area contributed by atoms with Crippen LogP contribution in [0.4, 0.5) is 5.69 Å². The molecule has 17 heavy (non-hydrogen) atoms. The van der Waals surface area contributed by atoms with Crippen molar-refractivity contribution in [3.63, 3.8) is 0 Å². The Bertz CT molecular complexity index is 362. The minimum Gasteiger partial charge on any atom is -0.399 e. The lowest BCUT2D eigenvalue weighted by atomic mass is 9.94. The first kappa shape index (κ1) is 12.4. The molecule has 1 aromatic rings. The Balaban J connectivity index is 1.91. The third-order valence-corrected chi connectivity index (χ3v) is 3.97. The zero-order chi connectivity index (χ0) is 12.3. The zero-order valence-electron chi connectivity index (χ0n) is 11.0. The molecule has 1 aromatic carbocycles. The highest BCUT2D eigenvalue weighted by atomic mass is 15.2. The van der Waals surface area contributed by atoms with E-state index >= 15 is 0 Å². The molecule has 1 saturated heterocycles. The van der Waals surface area contributed by atoms with Crippen LogP contribution in [0.1, 0.15) is 32.3 Å². The predicted molar refractivity (Wildman–Crippen MR) is 74.0 cm³/mol. The van der Waals surface area contributed by atoms with Crippen molar-refractivity contribution in [1.82, 2.24) is 4.90 Å². The zero-order valence-corrected chi connectivity index (χ0v) is 11.0. The van der Waals surface area contributed by atoms with Crippen LogP contribution in [0.3, 0.4) is 0 Å². The summed E-state index contributed by atoms with van der Waals surface area (Å²) in [4.78, 5) is 2.61. The van der Waals surface area contributed by atoms with Crippen LogP contribution in [-0.2, 0) is 6.42 Å². The number of hydrogen-bond donors (Lipinski definition) is 1. The maximum Gasteiger partial charge on any atom is 0.0347 e. The number of anilines is 1. The highest BCUT2D eigenvalue weighted by Gasteiger charge is 2.22. The fourth-order valence-electron chi connectivity index (χ4n) is 2.72. The van der Waals surface area contributed by atoms with Crippen LogP contribution < -0.4 is 5.73 Å². The lowest BCUT2D eigenvalue weighted by molar-refractivity contribution is 0.126. The number of para-hydroxylation sites is 1. The molecule has 1 aliphatic rings. The Hall–Kier alpha value is -1.02. The minimum absolute atomic E-state index is 0.733. The molecule has 1 fully saturated rings. The summed E-state index contributed by atoms with van der Waals surface area (Å²) in [5.41, 5.74) is 8.20. The summed E-state index contributed by atoms with van der Waals surface area (Å²) in [6.07, 6.45) is 3.79. The molecule has 2 unspecified atom stereocenters. The van der Waals surface area contributed by atoms with E-state index < -0.39 is 0 Å². The van der Waals surface area contributed by atoms with E-state index in [1.54, 1.807) is 0 Å². The van der Waals surface area contributed by atoms with E-state index in [0.717, 1.165) is 30.6 Å². The lowest BCUT2D eigenvalue weighted by Gasteiger charge is -2.36. The summed E-state index contributed by atoms with van der Waals surface area (Å²) in [5, 5.41) is 0. The average Bonchev–Trinajstić information content (AvgIpc) is 2.32. The summed E-state index contributed by atoms with van der Waals surface area (Å²) >= 11 is 0. The normalized spacial score (nSPS) is 26.0. The topological polar surface area (TPSA) is 29.3 Å². The summed E-state index contributed by atoms with van der Waals surface area (Å²) < 4.78 is 0. The van der Waals surface area contributed by atoms with E-state index in [1.807, 2.05) is 12.1 Å². The van der Waals surface area contributed by atoms with Crippen molar-refractivity contribution in [3.8, 4) is 0 Å². The van der Waals surface area contributed by atoms with Crippen molar-refractivity contribution in [2.45, 2.75) is 39.2 Å². The number of nitrogens with two attached hydrogens (primary N) is 1. The van der Waals surface area contributed by atoms with Crippen LogP contribution in [0.15, 0.2) is 24.3 Å². The molecule has 1 heterocycles. The number of piperidine rings is 1. The van der Waals surface area contributed by atoms with Crippen molar-refractivity contribution < 1.29 is 0 Å². The van der Waals surface area contributed by atoms with Crippen molar-refractivity contribution in [1.29, 1.82) is 0 Å². The molecule has 0 aromatic heterocycles. The summed E-state index contributed by atoms with van der Waals surface area (Å²) in [6, 6.07) is 8.96. The highest BCUT2D eigenvalue weighted by Crippen LogP contribution is 2.22. The second kappa shape index (κ2) is 5.54. The van der Waals surface area contributed by atoms with Gasteiger partial charge in [0.25, 0.3) is 0 Å². The number of nitrogen functional groups attached to an aromatic ring is 1. The summed E-state index contributed by atoms with van der Waals surface area (Å²) in [7, 11) is 0. The second-order valence-electron chi connectivity index (χ2n) is 5.48. The molecule has 0 aliphatic carbocycles. The smallest absolute Gasteiger partial charge is 0.0347 e. The third kappa shape index (κ3) is 3.22. The number of likely N-dealkylation sites (tertiary alicyclic amines) is 1. The Labute approximate surface area is 105 Å². The molecule has 0 spiro atoms. The van der Waals surface area contributed by atoms with Crippen LogP contribution in [-0.4, -0.2) is 24.0 Å². The van der Waals surface area contributed by atoms with E-state index in [4.69, 9.17) is 5.73 Å². The Kier molecular flexibility index (Phi) is 4.06. The van der Waals surface area contributed by atoms with Gasteiger partial charge in [-0.05, 0) is 43.7 Å². The van der Waals surface area contributed by atoms with Gasteiger partial charge in [-0.3, -0.25) is 0 Å². The van der Waals surface area contributed by atoms with Crippen LogP contribution in [0.5, 0.6) is 0 Å². The fraction of sp³-hybridized carbons (Fsp3) is 0.600. The van der Waals surface area contributed by atoms with Gasteiger partial charge in [-0.2, -0.15) is 0 Å². The molecule has 0 bridgehead atoms. The Morgan fingerprint density at radius 2 is 2.00 bits per heavy atom. The summed E-state index contributed by atoms with van der Waals surface area (Å²) in [6.45, 7) is 7.09. The van der Waals surface area contributed by atoms with Crippen molar-refractivity contribution in [2.75, 3.05) is 18.8 Å². The molecule has 2 heteroatoms. The predicted octanol–water partition coefficient (Wildman–Crippen LogP) is 2.93. The quantitative estimate of drug-likeness (QED) is 0.812. The number of nitrogens with zero attached hydrogens (tertiary/aromatic N) is 1. The van der Waals surface area contributed by atoms with Crippen molar-refractivity contribution >= 4 is 5.69 Å². The van der Waals surface area contributed by atoms with Crippen LogP contribution in [0.2, 0.25) is 0 Å². The second-order valence-corrected chi connectivity index (χ2v) is 5.48. The van der Waals surface area contributed by atoms with Gasteiger partial charge in [-0.1, -0.05) is 25.1 Å². The molecule has 2 rings (SSSR count). The maximum atomic E-state index is 5.98. The molecule has 1 aliphatic heterocycles. The molecule has 2 atom stereocenters. The fourth-order valence-corrected chi connectivity index (χ4v) is 2.72. The first-order chi connectivity index (χ1) is 8.16. The van der Waals surface area contributed by atoms with Gasteiger partial charge in [0.15, 0.2) is 0 Å². The lowest BCUT2D eigenvalue weighted by Crippen LogP contribution is -2.42. The van der Waals surface area contributed by atoms with Crippen molar-refractivity contribution in [3.05, 3.63) is 29.8 Å². The molecule has 0 amide bonds. The third-order valence-electron chi connectivity index (χ3n) is 3.97. The van der Waals surface area contributed by atoms with Gasteiger partial charge < -0.3 is 10.6 Å². The van der Waals surface area contributed by atoms with Gasteiger partial charge in [0.2, 0.25) is 0 Å². The Morgan fingerprint density at radius 1 is 1.24 bits per heavy atom. The standard InChI is InChI=1S/C15H24N2/c1-12-7-8-13(2)17(11-12)10-9-14-5-3-4-6-15(14)16/h3-6,12-13H,7-11,16H2,1-2H3. The van der Waals surface area contributed by atoms with E-state index in [0.29, 0.717) is 0 Å². The van der Waals surface area contributed by atoms with Gasteiger partial charge in [0.1, 0.15) is 0 Å². The molecule has 2 nitrogen and oxygen atoms in total. The van der Waals surface area contributed by atoms with Crippen molar-refractivity contribution in [2.24, 2.45) is 5.92 Å². The molecule has 0 radical (unpaired) electrons. The molecular weight excluding hydrogens is 208 g/mol. The van der Waals surface area contributed by atoms with E-state index in [-0.39, 0.29) is 0 Å². The van der Waals surface area contributed by atoms with E-state index in [2.05, 4.69) is 30.9 Å². The molecule has 2 N–H and O–H groups in total. The number of hydrogen-bond acceptors (Lipinski definition) is 2. The molecular formula is C15H24N2. The van der Waals surface area contributed by atoms with Gasteiger partial charge in [-0.15, -0.1) is 0 Å². The molecule has 0 saturated carbocycles. The first-order valence-corrected chi connectivity index (χ1v) is 6.74. The summed E-state index contributed by atoms with van der Waals surface area (Å²) in [5.74, 6) is 0.847. The maximum absolute atomic E-state index is 5.98. The first-order valence-electron chi connectivity index (χ1n) is 6.74. The molecule has 94 valence electrons. The van der Waals surface area contributed by atoms with Gasteiger partial charge in [0, 0.05) is 24.8 Å². The number of benzene rings is 1. The average molecular weight is 232 g/mol. The van der Waals surface area contributed by atoms with Crippen LogP contribution >= 0.6 is 0 Å². The van der Waals surface area contributed by atoms with Crippen LogP contribution in [0, 0.1) is 5.92 Å². The van der Waals surface area contributed by atoms with Gasteiger partial charge >= 0.3 is 0 Å². The Morgan fingerprint density at radius 3 is 2.76 bits per heavy atom. The monoisotopic (exact) mass is 232 g/mol. The highest BCUT2D eigenvalue weighted by molar-refractivity contribution is 5.46. The minimum atomic E-state index is 0.733. The van der Waals surface area contributed by atoms with Gasteiger partial charge in [-0.25, -0.2) is 0 Å². The van der Waals surface area contributed by atoms with E-state index in [1.165, 1.54) is 24.9 Å². The largest absolute Gasteiger partial charge is 0.399 e. The van der Waals surface area contributed by atoms with E-state index in [9.17, 15) is 0 Å². The SMILES string of the molecule is CC1CCC(C)N(CCc2ccccc2N)C1. The van der Waals surface area contributed by atoms with Crippen LogP contribution in [0.25, 0.3) is 0 Å². The van der Waals surface area contributed by atoms with Gasteiger partial charge in [0.05, 0.1) is 0 Å².